The zero-order chi connectivity index (χ0) is 14.9. The Morgan fingerprint density at radius 2 is 1.67 bits per heavy atom. The zero-order valence-electron chi connectivity index (χ0n) is 12.5. The van der Waals surface area contributed by atoms with Gasteiger partial charge in [0.1, 0.15) is 6.10 Å². The van der Waals surface area contributed by atoms with Crippen LogP contribution in [0.3, 0.4) is 0 Å². The second-order valence-electron chi connectivity index (χ2n) is 4.97. The molecule has 0 bridgehead atoms. The molecule has 0 saturated carbocycles. The fraction of sp³-hybridized carbons (Fsp3) is 0.625. The molecule has 1 aliphatic carbocycles. The second kappa shape index (κ2) is 9.12. The standard InChI is InChI=1S/C16H24O5/c1-18-6-7-19-8-9-20-10-11-21-15-12-13-4-2-3-5-14(13)16(15)17/h2-5,15-17H,6-12H2,1H3. The smallest absolute Gasteiger partial charge is 0.106 e. The predicted molar refractivity (Wildman–Crippen MR) is 78.4 cm³/mol. The quantitative estimate of drug-likeness (QED) is 0.660. The molecule has 0 amide bonds. The Morgan fingerprint density at radius 1 is 1.00 bits per heavy atom. The molecular weight excluding hydrogens is 272 g/mol. The first-order chi connectivity index (χ1) is 10.3. The van der Waals surface area contributed by atoms with Crippen LogP contribution in [0.25, 0.3) is 0 Å². The van der Waals surface area contributed by atoms with Crippen LogP contribution in [-0.2, 0) is 25.4 Å². The summed E-state index contributed by atoms with van der Waals surface area (Å²) in [6, 6.07) is 7.92. The minimum Gasteiger partial charge on any atom is -0.386 e. The van der Waals surface area contributed by atoms with Crippen molar-refractivity contribution in [3.63, 3.8) is 0 Å². The second-order valence-corrected chi connectivity index (χ2v) is 4.97. The van der Waals surface area contributed by atoms with Gasteiger partial charge in [0.25, 0.3) is 0 Å². The SMILES string of the molecule is COCCOCCOCCOC1Cc2ccccc2C1O. The molecule has 0 saturated heterocycles. The number of methoxy groups -OCH3 is 1. The largest absolute Gasteiger partial charge is 0.386 e. The van der Waals surface area contributed by atoms with Crippen molar-refractivity contribution in [1.82, 2.24) is 0 Å². The van der Waals surface area contributed by atoms with E-state index in [0.29, 0.717) is 39.6 Å². The van der Waals surface area contributed by atoms with Crippen molar-refractivity contribution in [2.24, 2.45) is 0 Å². The predicted octanol–water partition coefficient (Wildman–Crippen LogP) is 1.34. The number of benzene rings is 1. The van der Waals surface area contributed by atoms with Crippen molar-refractivity contribution >= 4 is 0 Å². The molecule has 5 nitrogen and oxygen atoms in total. The molecule has 21 heavy (non-hydrogen) atoms. The summed E-state index contributed by atoms with van der Waals surface area (Å²) in [4.78, 5) is 0. The van der Waals surface area contributed by atoms with Gasteiger partial charge in [0.05, 0.1) is 45.7 Å². The van der Waals surface area contributed by atoms with Gasteiger partial charge in [-0.1, -0.05) is 24.3 Å². The van der Waals surface area contributed by atoms with Gasteiger partial charge in [-0.3, -0.25) is 0 Å². The number of aliphatic hydroxyl groups is 1. The topological polar surface area (TPSA) is 57.2 Å². The zero-order valence-corrected chi connectivity index (χ0v) is 12.5. The van der Waals surface area contributed by atoms with Crippen molar-refractivity contribution in [1.29, 1.82) is 0 Å². The molecule has 0 fully saturated rings. The Balaban J connectivity index is 1.53. The lowest BCUT2D eigenvalue weighted by Crippen LogP contribution is -2.21. The molecule has 5 heteroatoms. The first-order valence-electron chi connectivity index (χ1n) is 7.35. The molecule has 2 rings (SSSR count). The van der Waals surface area contributed by atoms with E-state index in [1.54, 1.807) is 7.11 Å². The summed E-state index contributed by atoms with van der Waals surface area (Å²) >= 11 is 0. The fourth-order valence-corrected chi connectivity index (χ4v) is 2.41. The number of aliphatic hydroxyl groups excluding tert-OH is 1. The maximum absolute atomic E-state index is 10.2. The molecule has 0 aromatic heterocycles. The average Bonchev–Trinajstić information content (AvgIpc) is 2.83. The van der Waals surface area contributed by atoms with Crippen molar-refractivity contribution in [3.05, 3.63) is 35.4 Å². The van der Waals surface area contributed by atoms with Gasteiger partial charge < -0.3 is 24.1 Å². The van der Waals surface area contributed by atoms with E-state index in [2.05, 4.69) is 0 Å². The van der Waals surface area contributed by atoms with Crippen molar-refractivity contribution < 1.29 is 24.1 Å². The number of hydrogen-bond donors (Lipinski definition) is 1. The third kappa shape index (κ3) is 5.05. The monoisotopic (exact) mass is 296 g/mol. The minimum atomic E-state index is -0.529. The van der Waals surface area contributed by atoms with E-state index in [9.17, 15) is 5.11 Å². The molecule has 2 unspecified atom stereocenters. The highest BCUT2D eigenvalue weighted by atomic mass is 16.6. The molecular formula is C16H24O5. The van der Waals surface area contributed by atoms with E-state index in [1.807, 2.05) is 24.3 Å². The van der Waals surface area contributed by atoms with E-state index in [0.717, 1.165) is 12.0 Å². The number of rotatable bonds is 10. The van der Waals surface area contributed by atoms with Crippen LogP contribution in [0.5, 0.6) is 0 Å². The van der Waals surface area contributed by atoms with E-state index >= 15 is 0 Å². The normalized spacial score (nSPS) is 20.7. The molecule has 0 radical (unpaired) electrons. The first kappa shape index (κ1) is 16.4. The summed E-state index contributed by atoms with van der Waals surface area (Å²) in [6.45, 7) is 3.27. The summed E-state index contributed by atoms with van der Waals surface area (Å²) in [6.07, 6.45) is 0.0693. The molecule has 1 aromatic rings. The van der Waals surface area contributed by atoms with E-state index in [4.69, 9.17) is 18.9 Å². The molecule has 1 aliphatic rings. The Bertz CT molecular complexity index is 409. The van der Waals surface area contributed by atoms with Crippen LogP contribution in [0.1, 0.15) is 17.2 Å². The average molecular weight is 296 g/mol. The fourth-order valence-electron chi connectivity index (χ4n) is 2.41. The van der Waals surface area contributed by atoms with Gasteiger partial charge in [0, 0.05) is 13.5 Å². The van der Waals surface area contributed by atoms with Crippen molar-refractivity contribution in [2.75, 3.05) is 46.8 Å². The van der Waals surface area contributed by atoms with Gasteiger partial charge in [0.15, 0.2) is 0 Å². The van der Waals surface area contributed by atoms with Gasteiger partial charge in [-0.25, -0.2) is 0 Å². The van der Waals surface area contributed by atoms with E-state index in [1.165, 1.54) is 5.56 Å². The first-order valence-corrected chi connectivity index (χ1v) is 7.35. The summed E-state index contributed by atoms with van der Waals surface area (Å²) < 4.78 is 21.3. The van der Waals surface area contributed by atoms with Crippen molar-refractivity contribution in [2.45, 2.75) is 18.6 Å². The Labute approximate surface area is 125 Å². The number of ether oxygens (including phenoxy) is 4. The molecule has 2 atom stereocenters. The molecule has 0 aliphatic heterocycles. The van der Waals surface area contributed by atoms with Crippen LogP contribution in [0.2, 0.25) is 0 Å². The molecule has 1 aromatic carbocycles. The van der Waals surface area contributed by atoms with Gasteiger partial charge in [-0.2, -0.15) is 0 Å². The maximum atomic E-state index is 10.2. The summed E-state index contributed by atoms with van der Waals surface area (Å²) in [7, 11) is 1.65. The van der Waals surface area contributed by atoms with Gasteiger partial charge in [-0.05, 0) is 11.1 Å². The van der Waals surface area contributed by atoms with Crippen LogP contribution in [0.4, 0.5) is 0 Å². The number of hydrogen-bond acceptors (Lipinski definition) is 5. The third-order valence-electron chi connectivity index (χ3n) is 3.51. The summed E-state index contributed by atoms with van der Waals surface area (Å²) in [5, 5.41) is 10.2. The minimum absolute atomic E-state index is 0.163. The lowest BCUT2D eigenvalue weighted by molar-refractivity contribution is -0.0543. The van der Waals surface area contributed by atoms with Crippen LogP contribution in [0, 0.1) is 0 Å². The Morgan fingerprint density at radius 3 is 2.38 bits per heavy atom. The third-order valence-corrected chi connectivity index (χ3v) is 3.51. The molecule has 1 N–H and O–H groups in total. The Kier molecular flexibility index (Phi) is 7.12. The van der Waals surface area contributed by atoms with Gasteiger partial charge in [-0.15, -0.1) is 0 Å². The Hall–Kier alpha value is -0.980. The molecule has 118 valence electrons. The lowest BCUT2D eigenvalue weighted by atomic mass is 10.1. The lowest BCUT2D eigenvalue weighted by Gasteiger charge is -2.16. The van der Waals surface area contributed by atoms with Crippen LogP contribution < -0.4 is 0 Å². The summed E-state index contributed by atoms with van der Waals surface area (Å²) in [5.74, 6) is 0. The molecule has 0 spiro atoms. The van der Waals surface area contributed by atoms with E-state index < -0.39 is 6.10 Å². The van der Waals surface area contributed by atoms with Gasteiger partial charge >= 0.3 is 0 Å². The maximum Gasteiger partial charge on any atom is 0.106 e. The van der Waals surface area contributed by atoms with Crippen molar-refractivity contribution in [3.8, 4) is 0 Å². The highest BCUT2D eigenvalue weighted by Crippen LogP contribution is 2.32. The van der Waals surface area contributed by atoms with Crippen LogP contribution in [-0.4, -0.2) is 58.0 Å². The van der Waals surface area contributed by atoms with Crippen LogP contribution >= 0.6 is 0 Å². The molecule has 0 heterocycles. The van der Waals surface area contributed by atoms with Gasteiger partial charge in [0.2, 0.25) is 0 Å². The highest BCUT2D eigenvalue weighted by Gasteiger charge is 2.30. The summed E-state index contributed by atoms with van der Waals surface area (Å²) in [5.41, 5.74) is 2.15. The van der Waals surface area contributed by atoms with E-state index in [-0.39, 0.29) is 6.10 Å². The van der Waals surface area contributed by atoms with Crippen LogP contribution in [0.15, 0.2) is 24.3 Å². The number of fused-ring (bicyclic) bond motifs is 1. The highest BCUT2D eigenvalue weighted by molar-refractivity contribution is 5.35.